The first-order chi connectivity index (χ1) is 8.86. The molecule has 1 aromatic carbocycles. The van der Waals surface area contributed by atoms with Gasteiger partial charge in [0.15, 0.2) is 0 Å². The van der Waals surface area contributed by atoms with E-state index >= 15 is 0 Å². The standard InChI is InChI=1S/C14H21NO3S/c1-11(2)12-4-6-13(7-5-12)18-14-8-9-15(10-14)19(3,16)17/h4-7,11,14H,8-10H2,1-3H3. The van der Waals surface area contributed by atoms with E-state index in [-0.39, 0.29) is 6.10 Å². The number of nitrogens with zero attached hydrogens (tertiary/aromatic N) is 1. The van der Waals surface area contributed by atoms with E-state index in [1.165, 1.54) is 16.1 Å². The molecule has 106 valence electrons. The summed E-state index contributed by atoms with van der Waals surface area (Å²) in [6, 6.07) is 8.03. The molecule has 0 spiro atoms. The average Bonchev–Trinajstić information content (AvgIpc) is 2.78. The summed E-state index contributed by atoms with van der Waals surface area (Å²) in [4.78, 5) is 0. The van der Waals surface area contributed by atoms with Crippen LogP contribution in [0.15, 0.2) is 24.3 Å². The van der Waals surface area contributed by atoms with E-state index in [9.17, 15) is 8.42 Å². The number of sulfonamides is 1. The van der Waals surface area contributed by atoms with Gasteiger partial charge >= 0.3 is 0 Å². The first-order valence-electron chi connectivity index (χ1n) is 6.58. The molecule has 1 aliphatic heterocycles. The summed E-state index contributed by atoms with van der Waals surface area (Å²) in [7, 11) is -3.09. The lowest BCUT2D eigenvalue weighted by Crippen LogP contribution is -2.29. The van der Waals surface area contributed by atoms with Gasteiger partial charge in [-0.1, -0.05) is 26.0 Å². The fraction of sp³-hybridized carbons (Fsp3) is 0.571. The maximum atomic E-state index is 11.4. The fourth-order valence-corrected chi connectivity index (χ4v) is 3.09. The molecular formula is C14H21NO3S. The second-order valence-corrected chi connectivity index (χ2v) is 7.36. The molecule has 1 fully saturated rings. The van der Waals surface area contributed by atoms with Crippen LogP contribution in [0.25, 0.3) is 0 Å². The van der Waals surface area contributed by atoms with Crippen LogP contribution in [-0.4, -0.2) is 38.2 Å². The average molecular weight is 283 g/mol. The van der Waals surface area contributed by atoms with Gasteiger partial charge in [0.1, 0.15) is 11.9 Å². The lowest BCUT2D eigenvalue weighted by Gasteiger charge is -2.15. The number of benzene rings is 1. The number of hydrogen-bond donors (Lipinski definition) is 0. The van der Waals surface area contributed by atoms with E-state index in [0.717, 1.165) is 12.2 Å². The van der Waals surface area contributed by atoms with Crippen molar-refractivity contribution < 1.29 is 13.2 Å². The molecule has 0 aliphatic carbocycles. The highest BCUT2D eigenvalue weighted by molar-refractivity contribution is 7.88. The van der Waals surface area contributed by atoms with Crippen molar-refractivity contribution in [3.05, 3.63) is 29.8 Å². The molecule has 1 atom stereocenters. The smallest absolute Gasteiger partial charge is 0.211 e. The Morgan fingerprint density at radius 3 is 2.37 bits per heavy atom. The molecular weight excluding hydrogens is 262 g/mol. The Labute approximate surface area is 115 Å². The third-order valence-electron chi connectivity index (χ3n) is 3.43. The largest absolute Gasteiger partial charge is 0.489 e. The maximum Gasteiger partial charge on any atom is 0.211 e. The Balaban J connectivity index is 1.96. The second-order valence-electron chi connectivity index (χ2n) is 5.37. The first kappa shape index (κ1) is 14.3. The van der Waals surface area contributed by atoms with Crippen LogP contribution in [0.5, 0.6) is 5.75 Å². The summed E-state index contributed by atoms with van der Waals surface area (Å²) < 4.78 is 30.1. The van der Waals surface area contributed by atoms with E-state index in [1.807, 2.05) is 12.1 Å². The minimum Gasteiger partial charge on any atom is -0.489 e. The van der Waals surface area contributed by atoms with E-state index in [2.05, 4.69) is 26.0 Å². The van der Waals surface area contributed by atoms with Crippen molar-refractivity contribution in [2.24, 2.45) is 0 Å². The zero-order valence-corrected chi connectivity index (χ0v) is 12.5. The van der Waals surface area contributed by atoms with Crippen molar-refractivity contribution in [1.29, 1.82) is 0 Å². The van der Waals surface area contributed by atoms with E-state index in [0.29, 0.717) is 19.0 Å². The minimum atomic E-state index is -3.09. The molecule has 0 aromatic heterocycles. The summed E-state index contributed by atoms with van der Waals surface area (Å²) in [5, 5.41) is 0. The summed E-state index contributed by atoms with van der Waals surface area (Å²) >= 11 is 0. The monoisotopic (exact) mass is 283 g/mol. The maximum absolute atomic E-state index is 11.4. The lowest BCUT2D eigenvalue weighted by atomic mass is 10.0. The van der Waals surface area contributed by atoms with Gasteiger partial charge in [-0.15, -0.1) is 0 Å². The molecule has 0 N–H and O–H groups in total. The molecule has 0 bridgehead atoms. The molecule has 0 radical (unpaired) electrons. The summed E-state index contributed by atoms with van der Waals surface area (Å²) in [6.45, 7) is 5.30. The van der Waals surface area contributed by atoms with Gasteiger partial charge in [0, 0.05) is 6.54 Å². The van der Waals surface area contributed by atoms with Gasteiger partial charge in [-0.25, -0.2) is 8.42 Å². The van der Waals surface area contributed by atoms with Crippen molar-refractivity contribution in [2.45, 2.75) is 32.3 Å². The molecule has 1 unspecified atom stereocenters. The van der Waals surface area contributed by atoms with Gasteiger partial charge in [0.05, 0.1) is 12.8 Å². The van der Waals surface area contributed by atoms with Crippen LogP contribution in [0.2, 0.25) is 0 Å². The van der Waals surface area contributed by atoms with Gasteiger partial charge < -0.3 is 4.74 Å². The Kier molecular flexibility index (Phi) is 4.16. The quantitative estimate of drug-likeness (QED) is 0.851. The fourth-order valence-electron chi connectivity index (χ4n) is 2.22. The minimum absolute atomic E-state index is 0.0420. The number of ether oxygens (including phenoxy) is 1. The lowest BCUT2D eigenvalue weighted by molar-refractivity contribution is 0.215. The Hall–Kier alpha value is -1.07. The van der Waals surface area contributed by atoms with Crippen molar-refractivity contribution in [3.8, 4) is 5.75 Å². The highest BCUT2D eigenvalue weighted by Crippen LogP contribution is 2.22. The van der Waals surface area contributed by atoms with Crippen molar-refractivity contribution in [1.82, 2.24) is 4.31 Å². The molecule has 4 nitrogen and oxygen atoms in total. The van der Waals surface area contributed by atoms with Crippen LogP contribution in [0, 0.1) is 0 Å². The van der Waals surface area contributed by atoms with E-state index in [4.69, 9.17) is 4.74 Å². The van der Waals surface area contributed by atoms with Gasteiger partial charge in [-0.3, -0.25) is 0 Å². The first-order valence-corrected chi connectivity index (χ1v) is 8.43. The molecule has 5 heteroatoms. The van der Waals surface area contributed by atoms with Crippen LogP contribution in [-0.2, 0) is 10.0 Å². The zero-order chi connectivity index (χ0) is 14.0. The summed E-state index contributed by atoms with van der Waals surface area (Å²) in [5.74, 6) is 1.31. The third kappa shape index (κ3) is 3.70. The van der Waals surface area contributed by atoms with Gasteiger partial charge in [-0.05, 0) is 30.0 Å². The van der Waals surface area contributed by atoms with E-state index < -0.39 is 10.0 Å². The summed E-state index contributed by atoms with van der Waals surface area (Å²) in [6.07, 6.45) is 1.95. The van der Waals surface area contributed by atoms with E-state index in [1.54, 1.807) is 0 Å². The predicted molar refractivity (Wildman–Crippen MR) is 76.0 cm³/mol. The molecule has 2 rings (SSSR count). The van der Waals surface area contributed by atoms with Crippen LogP contribution >= 0.6 is 0 Å². The molecule has 0 saturated carbocycles. The Morgan fingerprint density at radius 2 is 1.89 bits per heavy atom. The van der Waals surface area contributed by atoms with Crippen molar-refractivity contribution >= 4 is 10.0 Å². The van der Waals surface area contributed by atoms with Crippen LogP contribution in [0.3, 0.4) is 0 Å². The van der Waals surface area contributed by atoms with Gasteiger partial charge in [-0.2, -0.15) is 4.31 Å². The third-order valence-corrected chi connectivity index (χ3v) is 4.70. The number of rotatable bonds is 4. The van der Waals surface area contributed by atoms with Crippen LogP contribution in [0.4, 0.5) is 0 Å². The topological polar surface area (TPSA) is 46.6 Å². The Bertz CT molecular complexity index is 522. The molecule has 19 heavy (non-hydrogen) atoms. The molecule has 0 amide bonds. The normalized spacial score (nSPS) is 20.9. The van der Waals surface area contributed by atoms with Gasteiger partial charge in [0.2, 0.25) is 10.0 Å². The molecule has 1 heterocycles. The predicted octanol–water partition coefficient (Wildman–Crippen LogP) is 2.22. The highest BCUT2D eigenvalue weighted by atomic mass is 32.2. The van der Waals surface area contributed by atoms with Crippen LogP contribution in [0.1, 0.15) is 31.7 Å². The summed E-state index contributed by atoms with van der Waals surface area (Å²) in [5.41, 5.74) is 1.27. The molecule has 1 aromatic rings. The highest BCUT2D eigenvalue weighted by Gasteiger charge is 2.29. The number of hydrogen-bond acceptors (Lipinski definition) is 3. The SMILES string of the molecule is CC(C)c1ccc(OC2CCN(S(C)(=O)=O)C2)cc1. The Morgan fingerprint density at radius 1 is 1.26 bits per heavy atom. The molecule has 1 aliphatic rings. The van der Waals surface area contributed by atoms with Crippen molar-refractivity contribution in [2.75, 3.05) is 19.3 Å². The van der Waals surface area contributed by atoms with Gasteiger partial charge in [0.25, 0.3) is 0 Å². The second kappa shape index (κ2) is 5.51. The molecule has 1 saturated heterocycles. The zero-order valence-electron chi connectivity index (χ0n) is 11.7. The van der Waals surface area contributed by atoms with Crippen molar-refractivity contribution in [3.63, 3.8) is 0 Å². The van der Waals surface area contributed by atoms with Crippen LogP contribution < -0.4 is 4.74 Å².